The first-order valence-electron chi connectivity index (χ1n) is 0.928. The number of aliphatic carboxylic acids is 1. The van der Waals surface area contributed by atoms with E-state index in [1.807, 2.05) is 0 Å². The van der Waals surface area contributed by atoms with Crippen LogP contribution in [0.3, 0.4) is 0 Å². The second-order valence-corrected chi connectivity index (χ2v) is 0.519. The molecule has 38 valence electrons. The van der Waals surface area contributed by atoms with Crippen molar-refractivity contribution >= 4 is 129 Å². The van der Waals surface area contributed by atoms with Crippen LogP contribution in [0.4, 0.5) is 0 Å². The molecule has 0 aromatic rings. The summed E-state index contributed by atoms with van der Waals surface area (Å²) in [6.07, 6.45) is 0. The number of hydrogen-bond acceptors (Lipinski definition) is 1. The molecule has 0 heterocycles. The van der Waals surface area contributed by atoms with Crippen molar-refractivity contribution in [3.63, 3.8) is 0 Å². The Morgan fingerprint density at radius 1 is 1.38 bits per heavy atom. The van der Waals surface area contributed by atoms with Crippen LogP contribution in [0.1, 0.15) is 6.92 Å². The van der Waals surface area contributed by atoms with Crippen LogP contribution in [0.5, 0.6) is 0 Å². The average Bonchev–Trinajstić information content (AvgIpc) is 0.811. The van der Waals surface area contributed by atoms with Gasteiger partial charge in [-0.3, -0.25) is 4.79 Å². The molecule has 2 nitrogen and oxygen atoms in total. The van der Waals surface area contributed by atoms with Gasteiger partial charge in [-0.1, -0.05) is 0 Å². The van der Waals surface area contributed by atoms with Crippen molar-refractivity contribution in [3.8, 4) is 0 Å². The summed E-state index contributed by atoms with van der Waals surface area (Å²) in [6.45, 7) is 1.08. The summed E-state index contributed by atoms with van der Waals surface area (Å²) >= 11 is 0. The van der Waals surface area contributed by atoms with Gasteiger partial charge in [0.2, 0.25) is 0 Å². The predicted octanol–water partition coefficient (Wildman–Crippen LogP) is -1.43. The fraction of sp³-hybridized carbons (Fsp3) is 0.500. The van der Waals surface area contributed by atoms with Crippen molar-refractivity contribution in [2.24, 2.45) is 0 Å². The Hall–Kier alpha value is 3.40. The van der Waals surface area contributed by atoms with Gasteiger partial charge in [0, 0.05) is 6.92 Å². The minimum atomic E-state index is -0.833. The van der Waals surface area contributed by atoms with E-state index in [0.29, 0.717) is 0 Å². The molecule has 0 aliphatic heterocycles. The Bertz CT molecular complexity index is 41.0. The van der Waals surface area contributed by atoms with E-state index >= 15 is 0 Å². The molecule has 8 heavy (non-hydrogen) atoms. The van der Waals surface area contributed by atoms with Crippen molar-refractivity contribution in [2.45, 2.75) is 6.92 Å². The third-order valence-corrected chi connectivity index (χ3v) is 0. The van der Waals surface area contributed by atoms with Gasteiger partial charge in [-0.2, -0.15) is 0 Å². The van der Waals surface area contributed by atoms with Crippen LogP contribution in [0.2, 0.25) is 0 Å². The molecule has 0 aromatic heterocycles. The first-order chi connectivity index (χ1) is 1.73. The topological polar surface area (TPSA) is 37.3 Å². The van der Waals surface area contributed by atoms with Crippen molar-refractivity contribution in [2.75, 3.05) is 0 Å². The molecular weight excluding hydrogens is 177 g/mol. The second-order valence-electron chi connectivity index (χ2n) is 0.519. The summed E-state index contributed by atoms with van der Waals surface area (Å²) in [7, 11) is 0. The van der Waals surface area contributed by atoms with Crippen molar-refractivity contribution < 1.29 is 9.90 Å². The van der Waals surface area contributed by atoms with Crippen molar-refractivity contribution in [1.29, 1.82) is 0 Å². The molecule has 0 spiro atoms. The van der Waals surface area contributed by atoms with Gasteiger partial charge in [0.1, 0.15) is 0 Å². The summed E-state index contributed by atoms with van der Waals surface area (Å²) in [5.41, 5.74) is 0. The third kappa shape index (κ3) is 57.4. The van der Waals surface area contributed by atoms with Crippen LogP contribution in [0.25, 0.3) is 0 Å². The van der Waals surface area contributed by atoms with Crippen LogP contribution in [-0.4, -0.2) is 122 Å². The van der Waals surface area contributed by atoms with E-state index in [1.54, 1.807) is 0 Å². The third-order valence-electron chi connectivity index (χ3n) is 0. The molecule has 0 aromatic carbocycles. The quantitative estimate of drug-likeness (QED) is 0.469. The normalized spacial score (nSPS) is 3.12. The van der Waals surface area contributed by atoms with Crippen molar-refractivity contribution in [1.82, 2.24) is 0 Å². The Balaban J connectivity index is -0.00000000750. The molecule has 0 aliphatic rings. The van der Waals surface area contributed by atoms with E-state index in [2.05, 4.69) is 0 Å². The van der Waals surface area contributed by atoms with Crippen LogP contribution in [0, 0.1) is 0 Å². The standard InChI is InChI=1S/C2H4O2.ClH.K.2Na.3H/c1-2(3)4;;;;;;;/h1H3,(H,3,4);1H;;;;;;. The Labute approximate surface area is 142 Å². The Morgan fingerprint density at radius 2 is 1.38 bits per heavy atom. The fourth-order valence-electron chi connectivity index (χ4n) is 0. The molecule has 0 saturated carbocycles. The molecule has 0 aliphatic carbocycles. The molecule has 0 atom stereocenters. The first-order valence-corrected chi connectivity index (χ1v) is 0.928. The number of halogens is 1. The molecule has 0 unspecified atom stereocenters. The molecule has 6 heteroatoms. The van der Waals surface area contributed by atoms with Gasteiger partial charge in [0.15, 0.2) is 0 Å². The van der Waals surface area contributed by atoms with Gasteiger partial charge in [-0.25, -0.2) is 0 Å². The van der Waals surface area contributed by atoms with Crippen molar-refractivity contribution in [3.05, 3.63) is 0 Å². The van der Waals surface area contributed by atoms with E-state index in [1.165, 1.54) is 0 Å². The predicted molar refractivity (Wildman–Crippen MR) is 42.0 cm³/mol. The second kappa shape index (κ2) is 22.4. The van der Waals surface area contributed by atoms with Gasteiger partial charge in [0.05, 0.1) is 0 Å². The van der Waals surface area contributed by atoms with Gasteiger partial charge in [-0.05, 0) is 0 Å². The minimum absolute atomic E-state index is 0. The number of carboxylic acid groups (broad SMARTS) is 1. The van der Waals surface area contributed by atoms with Crippen LogP contribution >= 0.6 is 12.4 Å². The van der Waals surface area contributed by atoms with E-state index in [-0.39, 0.29) is 123 Å². The monoisotopic (exact) mass is 184 g/mol. The maximum atomic E-state index is 9.00. The first kappa shape index (κ1) is 30.1. The fourth-order valence-corrected chi connectivity index (χ4v) is 0. The maximum absolute atomic E-state index is 9.00. The Kier molecular flexibility index (Phi) is 84.4. The zero-order valence-electron chi connectivity index (χ0n) is 2.76. The number of rotatable bonds is 0. The molecule has 0 saturated heterocycles. The molecule has 0 radical (unpaired) electrons. The summed E-state index contributed by atoms with van der Waals surface area (Å²) in [5, 5.41) is 7.42. The summed E-state index contributed by atoms with van der Waals surface area (Å²) in [5.74, 6) is -0.833. The average molecular weight is 185 g/mol. The molecule has 0 bridgehead atoms. The van der Waals surface area contributed by atoms with Crippen LogP contribution < -0.4 is 0 Å². The zero-order chi connectivity index (χ0) is 3.58. The summed E-state index contributed by atoms with van der Waals surface area (Å²) in [4.78, 5) is 9.00. The molecular formula is C2H8ClKNa2O2. The molecule has 1 N–H and O–H groups in total. The number of carboxylic acids is 1. The molecule has 0 rings (SSSR count). The van der Waals surface area contributed by atoms with E-state index in [0.717, 1.165) is 6.92 Å². The molecule has 0 amide bonds. The van der Waals surface area contributed by atoms with Gasteiger partial charge < -0.3 is 5.11 Å². The van der Waals surface area contributed by atoms with E-state index in [9.17, 15) is 0 Å². The number of carbonyl (C=O) groups is 1. The number of hydrogen-bond donors (Lipinski definition) is 1. The van der Waals surface area contributed by atoms with Gasteiger partial charge in [0.25, 0.3) is 5.97 Å². The summed E-state index contributed by atoms with van der Waals surface area (Å²) < 4.78 is 0. The Morgan fingerprint density at radius 3 is 1.38 bits per heavy atom. The SMILES string of the molecule is CC(=O)O.Cl.[KH].[NaH].[NaH]. The van der Waals surface area contributed by atoms with E-state index in [4.69, 9.17) is 9.90 Å². The van der Waals surface area contributed by atoms with E-state index < -0.39 is 5.97 Å². The zero-order valence-corrected chi connectivity index (χ0v) is 3.58. The van der Waals surface area contributed by atoms with Crippen LogP contribution in [0.15, 0.2) is 0 Å². The van der Waals surface area contributed by atoms with Gasteiger partial charge >= 0.3 is 110 Å². The van der Waals surface area contributed by atoms with Gasteiger partial charge in [-0.15, -0.1) is 12.4 Å². The molecule has 0 fully saturated rings. The van der Waals surface area contributed by atoms with Crippen LogP contribution in [-0.2, 0) is 4.79 Å². The summed E-state index contributed by atoms with van der Waals surface area (Å²) in [6, 6.07) is 0.